The Labute approximate surface area is 142 Å². The monoisotopic (exact) mass is 354 g/mol. The molecule has 0 unspecified atom stereocenters. The molecule has 7 nitrogen and oxygen atoms in total. The highest BCUT2D eigenvalue weighted by Crippen LogP contribution is 2.30. The van der Waals surface area contributed by atoms with Crippen LogP contribution in [-0.4, -0.2) is 69.2 Å². The van der Waals surface area contributed by atoms with E-state index in [9.17, 15) is 13.2 Å². The van der Waals surface area contributed by atoms with Crippen molar-refractivity contribution in [1.29, 1.82) is 0 Å². The highest BCUT2D eigenvalue weighted by Gasteiger charge is 2.25. The molecule has 24 heavy (non-hydrogen) atoms. The van der Waals surface area contributed by atoms with Crippen molar-refractivity contribution in [3.63, 3.8) is 0 Å². The van der Waals surface area contributed by atoms with Crippen molar-refractivity contribution in [1.82, 2.24) is 9.21 Å². The second-order valence-corrected chi connectivity index (χ2v) is 8.00. The summed E-state index contributed by atoms with van der Waals surface area (Å²) in [7, 11) is -3.22. The molecular formula is C16H22N2O5S. The Hall–Kier alpha value is -1.80. The molecule has 8 heteroatoms. The summed E-state index contributed by atoms with van der Waals surface area (Å²) in [5.74, 6) is 1.13. The van der Waals surface area contributed by atoms with Crippen molar-refractivity contribution in [3.05, 3.63) is 23.8 Å². The number of benzene rings is 1. The summed E-state index contributed by atoms with van der Waals surface area (Å²) in [6.07, 6.45) is 2.64. The van der Waals surface area contributed by atoms with Gasteiger partial charge in [0.2, 0.25) is 10.0 Å². The van der Waals surface area contributed by atoms with Gasteiger partial charge in [0, 0.05) is 38.2 Å². The largest absolute Gasteiger partial charge is 0.490 e. The van der Waals surface area contributed by atoms with Crippen LogP contribution in [-0.2, 0) is 10.0 Å². The maximum absolute atomic E-state index is 12.7. The first kappa shape index (κ1) is 17.0. The minimum absolute atomic E-state index is 0.110. The Morgan fingerprint density at radius 2 is 1.75 bits per heavy atom. The molecule has 2 aliphatic rings. The molecule has 0 aliphatic carbocycles. The molecule has 1 saturated heterocycles. The van der Waals surface area contributed by atoms with Crippen LogP contribution in [0.2, 0.25) is 0 Å². The quantitative estimate of drug-likeness (QED) is 0.791. The number of hydrogen-bond acceptors (Lipinski definition) is 5. The fraction of sp³-hybridized carbons (Fsp3) is 0.562. The number of carbonyl (C=O) groups excluding carboxylic acids is 1. The number of rotatable bonds is 2. The second kappa shape index (κ2) is 6.98. The molecule has 0 spiro atoms. The van der Waals surface area contributed by atoms with Gasteiger partial charge in [0.1, 0.15) is 0 Å². The first-order chi connectivity index (χ1) is 11.4. The Balaban J connectivity index is 1.73. The molecule has 0 aromatic heterocycles. The van der Waals surface area contributed by atoms with E-state index in [0.717, 1.165) is 6.42 Å². The maximum atomic E-state index is 12.7. The third-order valence-electron chi connectivity index (χ3n) is 4.21. The zero-order chi connectivity index (χ0) is 17.2. The molecule has 0 N–H and O–H groups in total. The Morgan fingerprint density at radius 1 is 1.00 bits per heavy atom. The zero-order valence-electron chi connectivity index (χ0n) is 13.7. The molecule has 1 fully saturated rings. The average Bonchev–Trinajstić information content (AvgIpc) is 2.93. The lowest BCUT2D eigenvalue weighted by Gasteiger charge is -2.21. The number of carbonyl (C=O) groups is 1. The van der Waals surface area contributed by atoms with Crippen molar-refractivity contribution in [2.24, 2.45) is 0 Å². The molecule has 1 amide bonds. The van der Waals surface area contributed by atoms with E-state index in [1.54, 1.807) is 23.1 Å². The van der Waals surface area contributed by atoms with Crippen molar-refractivity contribution in [2.45, 2.75) is 12.8 Å². The van der Waals surface area contributed by atoms with Gasteiger partial charge >= 0.3 is 0 Å². The highest BCUT2D eigenvalue weighted by molar-refractivity contribution is 7.88. The molecule has 2 heterocycles. The normalized spacial score (nSPS) is 19.5. The molecule has 0 atom stereocenters. The Bertz CT molecular complexity index is 719. The van der Waals surface area contributed by atoms with Gasteiger partial charge in [0.05, 0.1) is 19.5 Å². The first-order valence-electron chi connectivity index (χ1n) is 8.09. The van der Waals surface area contributed by atoms with Gasteiger partial charge in [-0.1, -0.05) is 0 Å². The van der Waals surface area contributed by atoms with Crippen molar-refractivity contribution in [3.8, 4) is 11.5 Å². The van der Waals surface area contributed by atoms with Crippen LogP contribution in [0.3, 0.4) is 0 Å². The summed E-state index contributed by atoms with van der Waals surface area (Å²) in [6, 6.07) is 5.20. The van der Waals surface area contributed by atoms with E-state index in [1.807, 2.05) is 0 Å². The van der Waals surface area contributed by atoms with Gasteiger partial charge in [0.25, 0.3) is 5.91 Å². The molecule has 2 aliphatic heterocycles. The van der Waals surface area contributed by atoms with Crippen molar-refractivity contribution in [2.75, 3.05) is 45.6 Å². The fourth-order valence-corrected chi connectivity index (χ4v) is 3.78. The molecule has 132 valence electrons. The lowest BCUT2D eigenvalue weighted by molar-refractivity contribution is 0.0764. The third-order valence-corrected chi connectivity index (χ3v) is 5.51. The average molecular weight is 354 g/mol. The highest BCUT2D eigenvalue weighted by atomic mass is 32.2. The lowest BCUT2D eigenvalue weighted by Crippen LogP contribution is -2.36. The Kier molecular flexibility index (Phi) is 4.96. The van der Waals surface area contributed by atoms with Gasteiger partial charge in [-0.15, -0.1) is 0 Å². The van der Waals surface area contributed by atoms with Crippen LogP contribution in [0.25, 0.3) is 0 Å². The van der Waals surface area contributed by atoms with Gasteiger partial charge in [-0.2, -0.15) is 0 Å². The van der Waals surface area contributed by atoms with Crippen LogP contribution >= 0.6 is 0 Å². The minimum atomic E-state index is -3.22. The van der Waals surface area contributed by atoms with E-state index < -0.39 is 10.0 Å². The predicted octanol–water partition coefficient (Wildman–Crippen LogP) is 0.955. The standard InChI is InChI=1S/C16H22N2O5S/c1-24(20,21)18-7-2-6-17(8-9-18)16(19)13-4-5-14-15(12-13)23-11-3-10-22-14/h4-5,12H,2-3,6-11H2,1H3. The van der Waals surface area contributed by atoms with Crippen LogP contribution in [0.1, 0.15) is 23.2 Å². The van der Waals surface area contributed by atoms with Gasteiger partial charge in [-0.05, 0) is 24.6 Å². The first-order valence-corrected chi connectivity index (χ1v) is 9.94. The van der Waals surface area contributed by atoms with E-state index in [4.69, 9.17) is 9.47 Å². The van der Waals surface area contributed by atoms with Crippen LogP contribution in [0, 0.1) is 0 Å². The smallest absolute Gasteiger partial charge is 0.254 e. The number of nitrogens with zero attached hydrogens (tertiary/aromatic N) is 2. The predicted molar refractivity (Wildman–Crippen MR) is 89.0 cm³/mol. The van der Waals surface area contributed by atoms with E-state index in [1.165, 1.54) is 10.6 Å². The molecule has 3 rings (SSSR count). The zero-order valence-corrected chi connectivity index (χ0v) is 14.5. The number of sulfonamides is 1. The summed E-state index contributed by atoms with van der Waals surface area (Å²) in [6.45, 7) is 2.88. The summed E-state index contributed by atoms with van der Waals surface area (Å²) in [4.78, 5) is 14.4. The molecule has 1 aromatic rings. The fourth-order valence-electron chi connectivity index (χ4n) is 2.91. The van der Waals surface area contributed by atoms with Crippen molar-refractivity contribution >= 4 is 15.9 Å². The number of hydrogen-bond donors (Lipinski definition) is 0. The maximum Gasteiger partial charge on any atom is 0.254 e. The van der Waals surface area contributed by atoms with Crippen LogP contribution in [0.4, 0.5) is 0 Å². The number of amides is 1. The van der Waals surface area contributed by atoms with Gasteiger partial charge in [-0.25, -0.2) is 12.7 Å². The molecule has 0 bridgehead atoms. The third kappa shape index (κ3) is 3.81. The molecule has 1 aromatic carbocycles. The molecular weight excluding hydrogens is 332 g/mol. The van der Waals surface area contributed by atoms with E-state index in [-0.39, 0.29) is 5.91 Å². The summed E-state index contributed by atoms with van der Waals surface area (Å²) >= 11 is 0. The summed E-state index contributed by atoms with van der Waals surface area (Å²) in [5.41, 5.74) is 0.534. The summed E-state index contributed by atoms with van der Waals surface area (Å²) < 4.78 is 36.0. The van der Waals surface area contributed by atoms with E-state index >= 15 is 0 Å². The number of fused-ring (bicyclic) bond motifs is 1. The lowest BCUT2D eigenvalue weighted by atomic mass is 10.1. The summed E-state index contributed by atoms with van der Waals surface area (Å²) in [5, 5.41) is 0. The van der Waals surface area contributed by atoms with Crippen LogP contribution in [0.15, 0.2) is 18.2 Å². The van der Waals surface area contributed by atoms with Crippen LogP contribution < -0.4 is 9.47 Å². The van der Waals surface area contributed by atoms with E-state index in [0.29, 0.717) is 62.9 Å². The van der Waals surface area contributed by atoms with Gasteiger partial charge in [-0.3, -0.25) is 4.79 Å². The SMILES string of the molecule is CS(=O)(=O)N1CCCN(C(=O)c2ccc3c(c2)OCCCO3)CC1. The van der Waals surface area contributed by atoms with Crippen molar-refractivity contribution < 1.29 is 22.7 Å². The van der Waals surface area contributed by atoms with Crippen LogP contribution in [0.5, 0.6) is 11.5 Å². The minimum Gasteiger partial charge on any atom is -0.490 e. The Morgan fingerprint density at radius 3 is 2.50 bits per heavy atom. The number of ether oxygens (including phenoxy) is 2. The molecule has 0 saturated carbocycles. The van der Waals surface area contributed by atoms with Gasteiger partial charge in [0.15, 0.2) is 11.5 Å². The topological polar surface area (TPSA) is 76.2 Å². The second-order valence-electron chi connectivity index (χ2n) is 6.02. The van der Waals surface area contributed by atoms with Gasteiger partial charge < -0.3 is 14.4 Å². The molecule has 0 radical (unpaired) electrons. The van der Waals surface area contributed by atoms with E-state index in [2.05, 4.69) is 0 Å².